The fraction of sp³-hybridized carbons (Fsp3) is 0.455. The Morgan fingerprint density at radius 3 is 1.79 bits per heavy atom. The average molecular weight is 396 g/mol. The number of halogens is 3. The fourth-order valence-corrected chi connectivity index (χ4v) is 3.15. The Balaban J connectivity index is 2.32. The van der Waals surface area contributed by atoms with Crippen molar-refractivity contribution in [2.24, 2.45) is 0 Å². The van der Waals surface area contributed by atoms with E-state index in [4.69, 9.17) is 14.2 Å². The van der Waals surface area contributed by atoms with Crippen LogP contribution in [0.5, 0.6) is 0 Å². The standard InChI is InChI=1S/C22H27F3O3/c1-5-26-22(27-6-2,28-7-3)16(4)17-11-13-18(14-12-17)19-9-8-10-20(15-19)21(23,24)25/h8-16H,5-7H2,1-4H3. The summed E-state index contributed by atoms with van der Waals surface area (Å²) in [7, 11) is 0. The Bertz CT molecular complexity index is 724. The summed E-state index contributed by atoms with van der Waals surface area (Å²) in [5.74, 6) is -1.43. The smallest absolute Gasteiger partial charge is 0.327 e. The highest BCUT2D eigenvalue weighted by Crippen LogP contribution is 2.36. The normalized spacial score (nSPS) is 13.5. The van der Waals surface area contributed by atoms with Gasteiger partial charge in [0.1, 0.15) is 0 Å². The van der Waals surface area contributed by atoms with Crippen molar-refractivity contribution in [2.75, 3.05) is 19.8 Å². The summed E-state index contributed by atoms with van der Waals surface area (Å²) in [4.78, 5) is 0. The van der Waals surface area contributed by atoms with E-state index in [9.17, 15) is 13.2 Å². The SMILES string of the molecule is CCOC(OCC)(OCC)C(C)c1ccc(-c2cccc(C(F)(F)F)c2)cc1. The van der Waals surface area contributed by atoms with Crippen LogP contribution in [0.1, 0.15) is 44.7 Å². The second-order valence-corrected chi connectivity index (χ2v) is 6.32. The van der Waals surface area contributed by atoms with Crippen LogP contribution in [0.2, 0.25) is 0 Å². The van der Waals surface area contributed by atoms with E-state index >= 15 is 0 Å². The fourth-order valence-electron chi connectivity index (χ4n) is 3.15. The molecule has 0 heterocycles. The van der Waals surface area contributed by atoms with Crippen LogP contribution in [0.25, 0.3) is 11.1 Å². The first-order chi connectivity index (χ1) is 13.3. The summed E-state index contributed by atoms with van der Waals surface area (Å²) >= 11 is 0. The molecule has 0 amide bonds. The predicted molar refractivity (Wildman–Crippen MR) is 103 cm³/mol. The lowest BCUT2D eigenvalue weighted by molar-refractivity contribution is -0.386. The quantitative estimate of drug-likeness (QED) is 0.470. The van der Waals surface area contributed by atoms with Crippen molar-refractivity contribution < 1.29 is 27.4 Å². The average Bonchev–Trinajstić information content (AvgIpc) is 2.67. The van der Waals surface area contributed by atoms with Gasteiger partial charge in [-0.2, -0.15) is 13.2 Å². The van der Waals surface area contributed by atoms with E-state index in [0.29, 0.717) is 30.9 Å². The zero-order chi connectivity index (χ0) is 20.8. The number of hydrogen-bond donors (Lipinski definition) is 0. The number of hydrogen-bond acceptors (Lipinski definition) is 3. The molecule has 0 radical (unpaired) electrons. The van der Waals surface area contributed by atoms with E-state index in [2.05, 4.69) is 0 Å². The summed E-state index contributed by atoms with van der Waals surface area (Å²) in [6.45, 7) is 8.83. The molecule has 0 aliphatic carbocycles. The summed E-state index contributed by atoms with van der Waals surface area (Å²) in [6.07, 6.45) is -4.36. The molecule has 0 aliphatic heterocycles. The second-order valence-electron chi connectivity index (χ2n) is 6.32. The van der Waals surface area contributed by atoms with Gasteiger partial charge in [-0.25, -0.2) is 0 Å². The monoisotopic (exact) mass is 396 g/mol. The summed E-state index contributed by atoms with van der Waals surface area (Å²) in [5.41, 5.74) is 1.47. The molecule has 1 unspecified atom stereocenters. The maximum absolute atomic E-state index is 13.0. The van der Waals surface area contributed by atoms with Crippen LogP contribution < -0.4 is 0 Å². The van der Waals surface area contributed by atoms with Crippen molar-refractivity contribution in [3.8, 4) is 11.1 Å². The zero-order valence-corrected chi connectivity index (χ0v) is 16.7. The van der Waals surface area contributed by atoms with Gasteiger partial charge in [0.2, 0.25) is 0 Å². The Kier molecular flexibility index (Phi) is 7.63. The minimum Gasteiger partial charge on any atom is -0.327 e. The van der Waals surface area contributed by atoms with Crippen molar-refractivity contribution in [2.45, 2.75) is 45.8 Å². The molecule has 1 atom stereocenters. The molecular weight excluding hydrogens is 369 g/mol. The third-order valence-electron chi connectivity index (χ3n) is 4.50. The van der Waals surface area contributed by atoms with Crippen LogP contribution in [0.15, 0.2) is 48.5 Å². The van der Waals surface area contributed by atoms with Crippen LogP contribution in [0.3, 0.4) is 0 Å². The van der Waals surface area contributed by atoms with Crippen molar-refractivity contribution in [3.05, 3.63) is 59.7 Å². The molecular formula is C22H27F3O3. The maximum atomic E-state index is 13.0. The Hall–Kier alpha value is -1.89. The zero-order valence-electron chi connectivity index (χ0n) is 16.7. The van der Waals surface area contributed by atoms with Gasteiger partial charge in [-0.05, 0) is 49.6 Å². The van der Waals surface area contributed by atoms with E-state index in [1.54, 1.807) is 18.2 Å². The lowest BCUT2D eigenvalue weighted by atomic mass is 9.95. The van der Waals surface area contributed by atoms with Crippen LogP contribution in [0.4, 0.5) is 13.2 Å². The first kappa shape index (κ1) is 22.4. The summed E-state index contributed by atoms with van der Waals surface area (Å²) in [5, 5.41) is 0. The van der Waals surface area contributed by atoms with E-state index in [0.717, 1.165) is 17.7 Å². The first-order valence-electron chi connectivity index (χ1n) is 9.46. The van der Waals surface area contributed by atoms with E-state index in [1.165, 1.54) is 6.07 Å². The maximum Gasteiger partial charge on any atom is 0.416 e. The second kappa shape index (κ2) is 9.54. The Labute approximate surface area is 164 Å². The van der Waals surface area contributed by atoms with Gasteiger partial charge in [-0.15, -0.1) is 0 Å². The third kappa shape index (κ3) is 5.13. The molecule has 0 bridgehead atoms. The van der Waals surface area contributed by atoms with Gasteiger partial charge in [0.05, 0.1) is 11.5 Å². The number of alkyl halides is 3. The number of rotatable bonds is 9. The third-order valence-corrected chi connectivity index (χ3v) is 4.50. The molecule has 0 spiro atoms. The molecule has 0 saturated carbocycles. The van der Waals surface area contributed by atoms with E-state index in [-0.39, 0.29) is 5.92 Å². The van der Waals surface area contributed by atoms with Crippen LogP contribution in [-0.2, 0) is 20.4 Å². The van der Waals surface area contributed by atoms with Crippen molar-refractivity contribution in [1.82, 2.24) is 0 Å². The highest BCUT2D eigenvalue weighted by atomic mass is 19.4. The van der Waals surface area contributed by atoms with Gasteiger partial charge in [-0.1, -0.05) is 43.3 Å². The lowest BCUT2D eigenvalue weighted by Crippen LogP contribution is -2.44. The van der Waals surface area contributed by atoms with Gasteiger partial charge in [0, 0.05) is 19.8 Å². The summed E-state index contributed by atoms with van der Waals surface area (Å²) < 4.78 is 56.4. The molecule has 0 aromatic heterocycles. The molecule has 2 aromatic carbocycles. The Morgan fingerprint density at radius 2 is 1.32 bits per heavy atom. The van der Waals surface area contributed by atoms with Crippen molar-refractivity contribution in [3.63, 3.8) is 0 Å². The van der Waals surface area contributed by atoms with Crippen LogP contribution in [-0.4, -0.2) is 25.8 Å². The summed E-state index contributed by atoms with van der Waals surface area (Å²) in [6, 6.07) is 12.6. The minimum absolute atomic E-state index is 0.233. The molecule has 0 fully saturated rings. The van der Waals surface area contributed by atoms with Gasteiger partial charge in [-0.3, -0.25) is 0 Å². The minimum atomic E-state index is -4.36. The lowest BCUT2D eigenvalue weighted by Gasteiger charge is -2.37. The molecule has 6 heteroatoms. The largest absolute Gasteiger partial charge is 0.416 e. The molecule has 2 rings (SSSR count). The topological polar surface area (TPSA) is 27.7 Å². The molecule has 0 aliphatic rings. The highest BCUT2D eigenvalue weighted by Gasteiger charge is 2.40. The first-order valence-corrected chi connectivity index (χ1v) is 9.46. The van der Waals surface area contributed by atoms with E-state index in [1.807, 2.05) is 39.8 Å². The van der Waals surface area contributed by atoms with Gasteiger partial charge in [0.25, 0.3) is 5.97 Å². The van der Waals surface area contributed by atoms with Crippen molar-refractivity contribution >= 4 is 0 Å². The molecule has 3 nitrogen and oxygen atoms in total. The van der Waals surface area contributed by atoms with Gasteiger partial charge < -0.3 is 14.2 Å². The molecule has 2 aromatic rings. The van der Waals surface area contributed by atoms with Crippen molar-refractivity contribution in [1.29, 1.82) is 0 Å². The van der Waals surface area contributed by atoms with Crippen LogP contribution in [0, 0.1) is 0 Å². The highest BCUT2D eigenvalue weighted by molar-refractivity contribution is 5.64. The van der Waals surface area contributed by atoms with E-state index < -0.39 is 17.7 Å². The Morgan fingerprint density at radius 1 is 0.786 bits per heavy atom. The van der Waals surface area contributed by atoms with Crippen LogP contribution >= 0.6 is 0 Å². The van der Waals surface area contributed by atoms with Gasteiger partial charge in [0.15, 0.2) is 0 Å². The molecule has 0 N–H and O–H groups in total. The molecule has 28 heavy (non-hydrogen) atoms. The predicted octanol–water partition coefficient (Wildman–Crippen LogP) is 6.24. The molecule has 0 saturated heterocycles. The number of benzene rings is 2. The van der Waals surface area contributed by atoms with Gasteiger partial charge >= 0.3 is 6.18 Å². The molecule has 154 valence electrons. The number of ether oxygens (including phenoxy) is 3.